The number of aryl methyl sites for hydroxylation is 1. The van der Waals surface area contributed by atoms with E-state index >= 15 is 0 Å². The third-order valence-electron chi connectivity index (χ3n) is 7.41. The maximum Gasteiger partial charge on any atom is 0.233 e. The summed E-state index contributed by atoms with van der Waals surface area (Å²) in [6.45, 7) is 3.89. The quantitative estimate of drug-likeness (QED) is 0.696. The van der Waals surface area contributed by atoms with Crippen molar-refractivity contribution in [3.8, 4) is 5.75 Å². The van der Waals surface area contributed by atoms with E-state index in [0.29, 0.717) is 25.4 Å². The molecule has 7 nitrogen and oxygen atoms in total. The monoisotopic (exact) mass is 448 g/mol. The first-order valence-corrected chi connectivity index (χ1v) is 12.1. The van der Waals surface area contributed by atoms with Crippen LogP contribution < -0.4 is 9.64 Å². The van der Waals surface area contributed by atoms with Crippen molar-refractivity contribution in [2.45, 2.75) is 64.3 Å². The highest BCUT2D eigenvalue weighted by Crippen LogP contribution is 2.35. The van der Waals surface area contributed by atoms with Gasteiger partial charge in [0, 0.05) is 36.2 Å². The lowest BCUT2D eigenvalue weighted by atomic mass is 9.88. The molecule has 2 amide bonds. The molecule has 1 aromatic heterocycles. The van der Waals surface area contributed by atoms with E-state index in [0.717, 1.165) is 60.0 Å². The second-order valence-corrected chi connectivity index (χ2v) is 9.58. The first-order valence-electron chi connectivity index (χ1n) is 12.1. The van der Waals surface area contributed by atoms with E-state index in [1.54, 1.807) is 12.0 Å². The molecule has 33 heavy (non-hydrogen) atoms. The number of carbonyl (C=O) groups excluding carboxylic acids is 2. The number of hydrogen-bond donors (Lipinski definition) is 0. The molecule has 0 unspecified atom stereocenters. The highest BCUT2D eigenvalue weighted by atomic mass is 16.5. The molecule has 5 rings (SSSR count). The number of methoxy groups -OCH3 is 1. The van der Waals surface area contributed by atoms with Gasteiger partial charge in [0.1, 0.15) is 17.4 Å². The second-order valence-electron chi connectivity index (χ2n) is 9.58. The normalized spacial score (nSPS) is 20.9. The molecule has 2 aromatic rings. The van der Waals surface area contributed by atoms with Crippen LogP contribution in [0.1, 0.15) is 67.1 Å². The van der Waals surface area contributed by atoms with Crippen LogP contribution in [0.25, 0.3) is 0 Å². The molecule has 0 spiro atoms. The zero-order valence-electron chi connectivity index (χ0n) is 19.5. The number of fused-ring (bicyclic) bond motifs is 1. The van der Waals surface area contributed by atoms with Crippen LogP contribution in [0.3, 0.4) is 0 Å². The molecule has 7 heteroatoms. The maximum absolute atomic E-state index is 13.0. The number of nitrogens with zero attached hydrogens (tertiary/aromatic N) is 4. The third-order valence-corrected chi connectivity index (χ3v) is 7.41. The average molecular weight is 449 g/mol. The van der Waals surface area contributed by atoms with Gasteiger partial charge in [-0.1, -0.05) is 31.4 Å². The van der Waals surface area contributed by atoms with Crippen molar-refractivity contribution in [3.63, 3.8) is 0 Å². The summed E-state index contributed by atoms with van der Waals surface area (Å²) in [7, 11) is 1.64. The SMILES string of the molecule is COc1ccc(CN2C(=O)Cc3c(C)nc([C@H]4CCN(C(=O)C5CCCCC5)C4)nc32)cc1. The Morgan fingerprint density at radius 2 is 1.85 bits per heavy atom. The van der Waals surface area contributed by atoms with E-state index in [-0.39, 0.29) is 17.7 Å². The standard InChI is InChI=1S/C26H32N4O3/c1-17-22-14-23(31)30(15-18-8-10-21(33-2)11-9-18)25(22)28-24(27-17)20-12-13-29(16-20)26(32)19-6-4-3-5-7-19/h8-11,19-20H,3-7,12-16H2,1-2H3/t20-/m0/s1. The molecule has 2 fully saturated rings. The Hall–Kier alpha value is -2.96. The van der Waals surface area contributed by atoms with Gasteiger partial charge >= 0.3 is 0 Å². The highest BCUT2D eigenvalue weighted by molar-refractivity contribution is 6.00. The number of amides is 2. The molecule has 174 valence electrons. The Kier molecular flexibility index (Phi) is 6.04. The van der Waals surface area contributed by atoms with Crippen molar-refractivity contribution < 1.29 is 14.3 Å². The minimum Gasteiger partial charge on any atom is -0.497 e. The van der Waals surface area contributed by atoms with Gasteiger partial charge in [0.05, 0.1) is 20.1 Å². The number of ether oxygens (including phenoxy) is 1. The fraction of sp³-hybridized carbons (Fsp3) is 0.538. The number of aromatic nitrogens is 2. The number of benzene rings is 1. The summed E-state index contributed by atoms with van der Waals surface area (Å²) in [6.07, 6.45) is 6.85. The molecular formula is C26H32N4O3. The first-order chi connectivity index (χ1) is 16.0. The Morgan fingerprint density at radius 1 is 1.09 bits per heavy atom. The molecule has 1 aliphatic carbocycles. The van der Waals surface area contributed by atoms with Gasteiger partial charge in [0.2, 0.25) is 11.8 Å². The zero-order chi connectivity index (χ0) is 22.9. The van der Waals surface area contributed by atoms with Crippen LogP contribution in [-0.2, 0) is 22.6 Å². The second kappa shape index (κ2) is 9.12. The van der Waals surface area contributed by atoms with Gasteiger partial charge in [-0.25, -0.2) is 9.97 Å². The third kappa shape index (κ3) is 4.33. The predicted octanol–water partition coefficient (Wildman–Crippen LogP) is 3.78. The molecular weight excluding hydrogens is 416 g/mol. The fourth-order valence-electron chi connectivity index (χ4n) is 5.44. The van der Waals surface area contributed by atoms with Crippen LogP contribution in [0.2, 0.25) is 0 Å². The predicted molar refractivity (Wildman–Crippen MR) is 125 cm³/mol. The van der Waals surface area contributed by atoms with Crippen molar-refractivity contribution in [2.75, 3.05) is 25.1 Å². The van der Waals surface area contributed by atoms with Gasteiger partial charge in [-0.15, -0.1) is 0 Å². The summed E-state index contributed by atoms with van der Waals surface area (Å²) < 4.78 is 5.24. The molecule has 2 aliphatic heterocycles. The Morgan fingerprint density at radius 3 is 2.58 bits per heavy atom. The van der Waals surface area contributed by atoms with E-state index in [1.807, 2.05) is 36.1 Å². The molecule has 0 bridgehead atoms. The first kappa shape index (κ1) is 21.9. The summed E-state index contributed by atoms with van der Waals surface area (Å²) in [5, 5.41) is 0. The summed E-state index contributed by atoms with van der Waals surface area (Å²) in [5.74, 6) is 2.97. The summed E-state index contributed by atoms with van der Waals surface area (Å²) in [5.41, 5.74) is 2.82. The minimum atomic E-state index is 0.0518. The van der Waals surface area contributed by atoms with E-state index in [9.17, 15) is 9.59 Å². The molecule has 1 saturated heterocycles. The molecule has 1 saturated carbocycles. The van der Waals surface area contributed by atoms with Crippen LogP contribution in [0.4, 0.5) is 5.82 Å². The Balaban J connectivity index is 1.34. The van der Waals surface area contributed by atoms with Gasteiger partial charge in [-0.2, -0.15) is 0 Å². The van der Waals surface area contributed by atoms with Crippen LogP contribution in [0, 0.1) is 12.8 Å². The molecule has 0 radical (unpaired) electrons. The van der Waals surface area contributed by atoms with E-state index in [4.69, 9.17) is 14.7 Å². The number of rotatable bonds is 5. The van der Waals surface area contributed by atoms with Gasteiger partial charge < -0.3 is 9.64 Å². The van der Waals surface area contributed by atoms with Crippen molar-refractivity contribution >= 4 is 17.6 Å². The van der Waals surface area contributed by atoms with Crippen LogP contribution in [0.5, 0.6) is 5.75 Å². The Bertz CT molecular complexity index is 1050. The van der Waals surface area contributed by atoms with Gasteiger partial charge in [-0.3, -0.25) is 14.5 Å². The van der Waals surface area contributed by atoms with E-state index in [2.05, 4.69) is 0 Å². The molecule has 1 aromatic carbocycles. The van der Waals surface area contributed by atoms with Gasteiger partial charge in [-0.05, 0) is 43.9 Å². The van der Waals surface area contributed by atoms with Gasteiger partial charge in [0.25, 0.3) is 0 Å². The highest BCUT2D eigenvalue weighted by Gasteiger charge is 2.36. The van der Waals surface area contributed by atoms with Crippen LogP contribution in [-0.4, -0.2) is 46.9 Å². The lowest BCUT2D eigenvalue weighted by molar-refractivity contribution is -0.135. The largest absolute Gasteiger partial charge is 0.497 e. The molecule has 1 atom stereocenters. The topological polar surface area (TPSA) is 75.6 Å². The summed E-state index contributed by atoms with van der Waals surface area (Å²) in [6, 6.07) is 7.77. The number of hydrogen-bond acceptors (Lipinski definition) is 5. The average Bonchev–Trinajstić information content (AvgIpc) is 3.45. The van der Waals surface area contributed by atoms with E-state index < -0.39 is 0 Å². The molecule has 3 heterocycles. The van der Waals surface area contributed by atoms with Crippen molar-refractivity contribution in [2.24, 2.45) is 5.92 Å². The van der Waals surface area contributed by atoms with Crippen molar-refractivity contribution in [1.29, 1.82) is 0 Å². The number of likely N-dealkylation sites (tertiary alicyclic amines) is 1. The lowest BCUT2D eigenvalue weighted by Gasteiger charge is -2.26. The lowest BCUT2D eigenvalue weighted by Crippen LogP contribution is -2.35. The minimum absolute atomic E-state index is 0.0518. The van der Waals surface area contributed by atoms with Crippen molar-refractivity contribution in [1.82, 2.24) is 14.9 Å². The zero-order valence-corrected chi connectivity index (χ0v) is 19.5. The summed E-state index contributed by atoms with van der Waals surface area (Å²) >= 11 is 0. The number of anilines is 1. The van der Waals surface area contributed by atoms with Crippen LogP contribution in [0.15, 0.2) is 24.3 Å². The maximum atomic E-state index is 13.0. The summed E-state index contributed by atoms with van der Waals surface area (Å²) in [4.78, 5) is 39.3. The molecule has 0 N–H and O–H groups in total. The van der Waals surface area contributed by atoms with Crippen molar-refractivity contribution in [3.05, 3.63) is 46.9 Å². The smallest absolute Gasteiger partial charge is 0.233 e. The van der Waals surface area contributed by atoms with Gasteiger partial charge in [0.15, 0.2) is 0 Å². The number of carbonyl (C=O) groups is 2. The Labute approximate surface area is 195 Å². The fourth-order valence-corrected chi connectivity index (χ4v) is 5.44. The van der Waals surface area contributed by atoms with E-state index in [1.165, 1.54) is 19.3 Å². The molecule has 3 aliphatic rings. The van der Waals surface area contributed by atoms with Crippen LogP contribution >= 0.6 is 0 Å².